The van der Waals surface area contributed by atoms with Crippen LogP contribution in [0.1, 0.15) is 36.3 Å². The van der Waals surface area contributed by atoms with Crippen LogP contribution < -0.4 is 0 Å². The number of rotatable bonds is 2. The number of piperidine rings is 1. The quantitative estimate of drug-likeness (QED) is 0.760. The third kappa shape index (κ3) is 3.68. The first-order chi connectivity index (χ1) is 13.8. The van der Waals surface area contributed by atoms with Crippen LogP contribution in [0.4, 0.5) is 13.2 Å². The minimum atomic E-state index is -4.38. The second-order valence-corrected chi connectivity index (χ2v) is 7.83. The van der Waals surface area contributed by atoms with Gasteiger partial charge in [-0.2, -0.15) is 13.2 Å². The summed E-state index contributed by atoms with van der Waals surface area (Å²) in [7, 11) is 1.70. The number of hydrogen-bond acceptors (Lipinski definition) is 3. The summed E-state index contributed by atoms with van der Waals surface area (Å²) in [5, 5.41) is 0. The summed E-state index contributed by atoms with van der Waals surface area (Å²) in [4.78, 5) is 32.5. The monoisotopic (exact) mass is 405 g/mol. The minimum absolute atomic E-state index is 0.0248. The molecule has 0 atom stereocenters. The Morgan fingerprint density at radius 1 is 1.17 bits per heavy atom. The molecule has 0 aromatic heterocycles. The number of carbonyl (C=O) groups excluding carboxylic acids is 2. The predicted molar refractivity (Wildman–Crippen MR) is 102 cm³/mol. The van der Waals surface area contributed by atoms with Crippen molar-refractivity contribution in [1.29, 1.82) is 0 Å². The zero-order valence-corrected chi connectivity index (χ0v) is 16.1. The number of likely N-dealkylation sites (tertiary alicyclic amines) is 1. The lowest BCUT2D eigenvalue weighted by Crippen LogP contribution is -2.44. The van der Waals surface area contributed by atoms with E-state index in [1.807, 2.05) is 0 Å². The van der Waals surface area contributed by atoms with E-state index in [0.29, 0.717) is 56.7 Å². The molecule has 154 valence electrons. The lowest BCUT2D eigenvalue weighted by atomic mass is 9.86. The van der Waals surface area contributed by atoms with Gasteiger partial charge in [0, 0.05) is 32.3 Å². The van der Waals surface area contributed by atoms with Crippen LogP contribution in [-0.4, -0.2) is 60.6 Å². The maximum atomic E-state index is 13.3. The van der Waals surface area contributed by atoms with Crippen LogP contribution in [0.3, 0.4) is 0 Å². The number of aliphatic imine (C=N–C) groups is 1. The van der Waals surface area contributed by atoms with E-state index >= 15 is 0 Å². The zero-order valence-electron chi connectivity index (χ0n) is 16.1. The van der Waals surface area contributed by atoms with Crippen molar-refractivity contribution < 1.29 is 22.8 Å². The fraction of sp³-hybridized carbons (Fsp3) is 0.476. The van der Waals surface area contributed by atoms with Crippen LogP contribution in [0.15, 0.2) is 40.4 Å². The van der Waals surface area contributed by atoms with Crippen molar-refractivity contribution >= 4 is 17.5 Å². The van der Waals surface area contributed by atoms with Crippen LogP contribution in [0, 0.1) is 0 Å². The van der Waals surface area contributed by atoms with Gasteiger partial charge in [0.1, 0.15) is 5.71 Å². The molecule has 2 amide bonds. The highest BCUT2D eigenvalue weighted by Crippen LogP contribution is 2.38. The number of hydrogen-bond donors (Lipinski definition) is 0. The highest BCUT2D eigenvalue weighted by Gasteiger charge is 2.38. The highest BCUT2D eigenvalue weighted by molar-refractivity contribution is 6.46. The number of nitrogens with zero attached hydrogens (tertiary/aromatic N) is 3. The molecule has 1 aromatic carbocycles. The van der Waals surface area contributed by atoms with E-state index < -0.39 is 11.7 Å². The third-order valence-corrected chi connectivity index (χ3v) is 6.02. The second kappa shape index (κ2) is 7.31. The highest BCUT2D eigenvalue weighted by atomic mass is 19.4. The SMILES string of the molecule is CN1CC2=C(CN=C2C(=O)N2CCC(c3ccccc3C(F)(F)F)CC2)CC1=O. The minimum Gasteiger partial charge on any atom is -0.341 e. The van der Waals surface area contributed by atoms with Gasteiger partial charge in [0.2, 0.25) is 5.91 Å². The first kappa shape index (κ1) is 19.7. The van der Waals surface area contributed by atoms with Gasteiger partial charge in [-0.15, -0.1) is 0 Å². The summed E-state index contributed by atoms with van der Waals surface area (Å²) >= 11 is 0. The van der Waals surface area contributed by atoms with E-state index in [2.05, 4.69) is 4.99 Å². The summed E-state index contributed by atoms with van der Waals surface area (Å²) in [6, 6.07) is 5.69. The van der Waals surface area contributed by atoms with Crippen LogP contribution in [0.25, 0.3) is 0 Å². The van der Waals surface area contributed by atoms with Gasteiger partial charge in [0.05, 0.1) is 18.5 Å². The number of alkyl halides is 3. The maximum Gasteiger partial charge on any atom is 0.416 e. The third-order valence-electron chi connectivity index (χ3n) is 6.02. The Hall–Kier alpha value is -2.64. The van der Waals surface area contributed by atoms with E-state index in [0.717, 1.165) is 17.2 Å². The van der Waals surface area contributed by atoms with E-state index in [9.17, 15) is 22.8 Å². The van der Waals surface area contributed by atoms with E-state index in [-0.39, 0.29) is 17.7 Å². The smallest absolute Gasteiger partial charge is 0.341 e. The molecular formula is C21H22F3N3O2. The number of halogens is 3. The van der Waals surface area contributed by atoms with Gasteiger partial charge >= 0.3 is 6.18 Å². The van der Waals surface area contributed by atoms with Crippen molar-refractivity contribution in [3.63, 3.8) is 0 Å². The lowest BCUT2D eigenvalue weighted by Gasteiger charge is -2.34. The van der Waals surface area contributed by atoms with Gasteiger partial charge in [-0.25, -0.2) is 0 Å². The van der Waals surface area contributed by atoms with Gasteiger partial charge in [0.15, 0.2) is 0 Å². The first-order valence-corrected chi connectivity index (χ1v) is 9.70. The molecule has 3 aliphatic rings. The molecule has 8 heteroatoms. The molecule has 5 nitrogen and oxygen atoms in total. The Kier molecular flexibility index (Phi) is 4.96. The number of amides is 2. The van der Waals surface area contributed by atoms with Crippen LogP contribution in [0.5, 0.6) is 0 Å². The van der Waals surface area contributed by atoms with Gasteiger partial charge in [-0.1, -0.05) is 18.2 Å². The average Bonchev–Trinajstić information content (AvgIpc) is 3.10. The molecule has 0 spiro atoms. The molecule has 0 bridgehead atoms. The molecule has 3 heterocycles. The van der Waals surface area contributed by atoms with Crippen LogP contribution >= 0.6 is 0 Å². The first-order valence-electron chi connectivity index (χ1n) is 9.70. The Bertz CT molecular complexity index is 912. The molecule has 1 fully saturated rings. The molecule has 4 rings (SSSR count). The molecular weight excluding hydrogens is 383 g/mol. The van der Waals surface area contributed by atoms with Crippen molar-refractivity contribution in [3.8, 4) is 0 Å². The number of likely N-dealkylation sites (N-methyl/N-ethyl adjacent to an activating group) is 1. The van der Waals surface area contributed by atoms with Crippen LogP contribution in [-0.2, 0) is 15.8 Å². The summed E-state index contributed by atoms with van der Waals surface area (Å²) < 4.78 is 39.9. The fourth-order valence-electron chi connectivity index (χ4n) is 4.38. The Balaban J connectivity index is 1.45. The van der Waals surface area contributed by atoms with Gasteiger partial charge in [0.25, 0.3) is 5.91 Å². The normalized spacial score (nSPS) is 20.8. The molecule has 1 aromatic rings. The molecule has 0 radical (unpaired) electrons. The summed E-state index contributed by atoms with van der Waals surface area (Å²) in [5.74, 6) is -0.382. The van der Waals surface area contributed by atoms with Gasteiger partial charge in [-0.3, -0.25) is 14.6 Å². The molecule has 0 saturated carbocycles. The standard InChI is InChI=1S/C21H22F3N3O2/c1-26-12-16-14(10-18(26)28)11-25-19(16)20(29)27-8-6-13(7-9-27)15-4-2-3-5-17(15)21(22,23)24/h2-5,13H,6-12H2,1H3. The van der Waals surface area contributed by atoms with E-state index in [1.165, 1.54) is 12.1 Å². The van der Waals surface area contributed by atoms with Gasteiger partial charge < -0.3 is 9.80 Å². The van der Waals surface area contributed by atoms with Crippen LogP contribution in [0.2, 0.25) is 0 Å². The molecule has 0 unspecified atom stereocenters. The molecule has 3 aliphatic heterocycles. The van der Waals surface area contributed by atoms with Crippen molar-refractivity contribution in [2.45, 2.75) is 31.4 Å². The second-order valence-electron chi connectivity index (χ2n) is 7.83. The Morgan fingerprint density at radius 3 is 2.55 bits per heavy atom. The largest absolute Gasteiger partial charge is 0.416 e. The Labute approximate surface area is 166 Å². The summed E-state index contributed by atoms with van der Waals surface area (Å²) in [5.41, 5.74) is 1.87. The topological polar surface area (TPSA) is 53.0 Å². The van der Waals surface area contributed by atoms with E-state index in [1.54, 1.807) is 22.9 Å². The van der Waals surface area contributed by atoms with Gasteiger partial charge in [-0.05, 0) is 36.0 Å². The maximum absolute atomic E-state index is 13.3. The molecule has 0 N–H and O–H groups in total. The van der Waals surface area contributed by atoms with Crippen molar-refractivity contribution in [1.82, 2.24) is 9.80 Å². The van der Waals surface area contributed by atoms with Crippen molar-refractivity contribution in [3.05, 3.63) is 46.5 Å². The molecule has 0 aliphatic carbocycles. The number of benzene rings is 1. The summed E-state index contributed by atoms with van der Waals surface area (Å²) in [6.07, 6.45) is -3.12. The average molecular weight is 405 g/mol. The van der Waals surface area contributed by atoms with E-state index in [4.69, 9.17) is 0 Å². The number of carbonyl (C=O) groups is 2. The summed E-state index contributed by atoms with van der Waals surface area (Å²) in [6.45, 7) is 1.55. The lowest BCUT2D eigenvalue weighted by molar-refractivity contribution is -0.138. The van der Waals surface area contributed by atoms with Crippen molar-refractivity contribution in [2.75, 3.05) is 33.2 Å². The molecule has 1 saturated heterocycles. The van der Waals surface area contributed by atoms with Crippen molar-refractivity contribution in [2.24, 2.45) is 4.99 Å². The predicted octanol–water partition coefficient (Wildman–Crippen LogP) is 3.02. The fourth-order valence-corrected chi connectivity index (χ4v) is 4.38. The molecule has 29 heavy (non-hydrogen) atoms. The Morgan fingerprint density at radius 2 is 1.86 bits per heavy atom. The zero-order chi connectivity index (χ0) is 20.8.